The number of anilines is 1. The quantitative estimate of drug-likeness (QED) is 0.366. The second-order valence-corrected chi connectivity index (χ2v) is 11.1. The van der Waals surface area contributed by atoms with Crippen LogP contribution in [0.25, 0.3) is 22.3 Å². The third-order valence-electron chi connectivity index (χ3n) is 6.25. The predicted octanol–water partition coefficient (Wildman–Crippen LogP) is 5.18. The average molecular weight is 533 g/mol. The van der Waals surface area contributed by atoms with Crippen molar-refractivity contribution in [3.63, 3.8) is 0 Å². The molecule has 1 saturated heterocycles. The van der Waals surface area contributed by atoms with Crippen LogP contribution in [0.1, 0.15) is 34.1 Å². The van der Waals surface area contributed by atoms with Gasteiger partial charge in [0.15, 0.2) is 15.5 Å². The number of nitrogens with zero attached hydrogens (tertiary/aromatic N) is 3. The molecule has 7 nitrogen and oxygen atoms in total. The van der Waals surface area contributed by atoms with Gasteiger partial charge in [0.1, 0.15) is 5.82 Å². The van der Waals surface area contributed by atoms with E-state index in [2.05, 4.69) is 15.4 Å². The van der Waals surface area contributed by atoms with Gasteiger partial charge in [0, 0.05) is 11.3 Å². The maximum Gasteiger partial charge on any atom is 0.416 e. The first-order valence-electron chi connectivity index (χ1n) is 11.3. The van der Waals surface area contributed by atoms with Crippen LogP contribution in [0.3, 0.4) is 0 Å². The lowest BCUT2D eigenvalue weighted by Gasteiger charge is -2.13. The lowest BCUT2D eigenvalue weighted by Crippen LogP contribution is -2.15. The molecule has 0 saturated carbocycles. The Morgan fingerprint density at radius 1 is 1.08 bits per heavy atom. The highest BCUT2D eigenvalue weighted by Crippen LogP contribution is 2.33. The standard InChI is InChI=1S/C25H20F4N4O3S/c1-14-22-20(24(34)30-18-8-4-16(5-9-18)25(27,28)29)12-21(15-2-6-17(26)7-3-15)31-23(22)33(32-14)19-10-11-37(35,36)13-19/h2-9,12,19H,10-11,13H2,1H3,(H,30,34). The van der Waals surface area contributed by atoms with Crippen molar-refractivity contribution in [2.75, 3.05) is 16.8 Å². The number of hydrogen-bond donors (Lipinski definition) is 1. The van der Waals surface area contributed by atoms with E-state index >= 15 is 0 Å². The van der Waals surface area contributed by atoms with Crippen molar-refractivity contribution in [1.82, 2.24) is 14.8 Å². The minimum Gasteiger partial charge on any atom is -0.322 e. The SMILES string of the molecule is Cc1nn(C2CCS(=O)(=O)C2)c2nc(-c3ccc(F)cc3)cc(C(=O)Nc3ccc(C(F)(F)F)cc3)c12. The summed E-state index contributed by atoms with van der Waals surface area (Å²) in [5, 5.41) is 7.50. The highest BCUT2D eigenvalue weighted by Gasteiger charge is 2.33. The summed E-state index contributed by atoms with van der Waals surface area (Å²) in [6, 6.07) is 10.5. The second kappa shape index (κ2) is 8.94. The van der Waals surface area contributed by atoms with Crippen molar-refractivity contribution in [3.8, 4) is 11.3 Å². The first kappa shape index (κ1) is 24.9. The minimum absolute atomic E-state index is 0.0109. The zero-order valence-electron chi connectivity index (χ0n) is 19.4. The summed E-state index contributed by atoms with van der Waals surface area (Å²) in [7, 11) is -3.24. The molecule has 1 atom stereocenters. The van der Waals surface area contributed by atoms with Crippen molar-refractivity contribution in [1.29, 1.82) is 0 Å². The van der Waals surface area contributed by atoms with Crippen molar-refractivity contribution in [2.24, 2.45) is 0 Å². The summed E-state index contributed by atoms with van der Waals surface area (Å²) in [6.07, 6.45) is -4.17. The molecule has 1 aliphatic heterocycles. The maximum absolute atomic E-state index is 13.5. The van der Waals surface area contributed by atoms with Crippen LogP contribution >= 0.6 is 0 Å². The molecule has 2 aromatic heterocycles. The Hall–Kier alpha value is -3.80. The number of aryl methyl sites for hydroxylation is 1. The molecule has 1 unspecified atom stereocenters. The van der Waals surface area contributed by atoms with Gasteiger partial charge in [-0.05, 0) is 67.9 Å². The highest BCUT2D eigenvalue weighted by molar-refractivity contribution is 7.91. The van der Waals surface area contributed by atoms with Gasteiger partial charge in [-0.2, -0.15) is 18.3 Å². The number of alkyl halides is 3. The molecule has 1 N–H and O–H groups in total. The first-order chi connectivity index (χ1) is 17.4. The molecule has 0 aliphatic carbocycles. The van der Waals surface area contributed by atoms with Gasteiger partial charge in [-0.1, -0.05) is 0 Å². The molecule has 4 aromatic rings. The summed E-state index contributed by atoms with van der Waals surface area (Å²) in [5.74, 6) is -1.17. The summed E-state index contributed by atoms with van der Waals surface area (Å²) in [4.78, 5) is 18.0. The van der Waals surface area contributed by atoms with E-state index in [0.29, 0.717) is 34.4 Å². The fraction of sp³-hybridized carbons (Fsp3) is 0.240. The van der Waals surface area contributed by atoms with Crippen LogP contribution in [0, 0.1) is 12.7 Å². The normalized spacial score (nSPS) is 17.3. The number of aromatic nitrogens is 3. The molecule has 3 heterocycles. The number of carbonyl (C=O) groups excluding carboxylic acids is 1. The molecule has 0 spiro atoms. The number of halogens is 4. The predicted molar refractivity (Wildman–Crippen MR) is 129 cm³/mol. The van der Waals surface area contributed by atoms with Crippen LogP contribution in [0.2, 0.25) is 0 Å². The number of benzene rings is 2. The average Bonchev–Trinajstić information content (AvgIpc) is 3.37. The highest BCUT2D eigenvalue weighted by atomic mass is 32.2. The van der Waals surface area contributed by atoms with Gasteiger partial charge in [0.25, 0.3) is 5.91 Å². The monoisotopic (exact) mass is 532 g/mol. The molecule has 2 aromatic carbocycles. The van der Waals surface area contributed by atoms with Gasteiger partial charge in [0.2, 0.25) is 0 Å². The number of pyridine rings is 1. The summed E-state index contributed by atoms with van der Waals surface area (Å²) < 4.78 is 78.0. The van der Waals surface area contributed by atoms with Crippen molar-refractivity contribution in [3.05, 3.63) is 77.2 Å². The smallest absolute Gasteiger partial charge is 0.322 e. The molecule has 1 amide bonds. The minimum atomic E-state index is -4.51. The van der Waals surface area contributed by atoms with E-state index < -0.39 is 39.3 Å². The first-order valence-corrected chi connectivity index (χ1v) is 13.1. The van der Waals surface area contributed by atoms with Gasteiger partial charge in [-0.15, -0.1) is 0 Å². The summed E-state index contributed by atoms with van der Waals surface area (Å²) in [5.41, 5.74) is 1.02. The Labute approximate surface area is 209 Å². The van der Waals surface area contributed by atoms with Crippen LogP contribution in [0.15, 0.2) is 54.6 Å². The van der Waals surface area contributed by atoms with E-state index in [1.807, 2.05) is 0 Å². The van der Waals surface area contributed by atoms with E-state index in [0.717, 1.165) is 24.3 Å². The van der Waals surface area contributed by atoms with Crippen LogP contribution in [-0.2, 0) is 16.0 Å². The third kappa shape index (κ3) is 4.93. The lowest BCUT2D eigenvalue weighted by atomic mass is 10.0. The Balaban J connectivity index is 1.61. The molecule has 0 radical (unpaired) electrons. The van der Waals surface area contributed by atoms with Gasteiger partial charge < -0.3 is 5.32 Å². The van der Waals surface area contributed by atoms with Crippen LogP contribution in [0.5, 0.6) is 0 Å². The Bertz CT molecular complexity index is 1610. The van der Waals surface area contributed by atoms with Crippen LogP contribution in [-0.4, -0.2) is 40.6 Å². The third-order valence-corrected chi connectivity index (χ3v) is 8.00. The number of fused-ring (bicyclic) bond motifs is 1. The van der Waals surface area contributed by atoms with E-state index in [1.54, 1.807) is 6.92 Å². The maximum atomic E-state index is 13.5. The Morgan fingerprint density at radius 2 is 1.76 bits per heavy atom. The van der Waals surface area contributed by atoms with Gasteiger partial charge in [0.05, 0.1) is 45.4 Å². The molecule has 37 heavy (non-hydrogen) atoms. The zero-order valence-corrected chi connectivity index (χ0v) is 20.2. The fourth-order valence-corrected chi connectivity index (χ4v) is 6.12. The fourth-order valence-electron chi connectivity index (χ4n) is 4.42. The number of rotatable bonds is 4. The Kier molecular flexibility index (Phi) is 6.01. The largest absolute Gasteiger partial charge is 0.416 e. The number of sulfone groups is 1. The molecule has 192 valence electrons. The molecule has 5 rings (SSSR count). The number of carbonyl (C=O) groups is 1. The van der Waals surface area contributed by atoms with Crippen molar-refractivity contribution in [2.45, 2.75) is 25.6 Å². The topological polar surface area (TPSA) is 93.9 Å². The molecule has 12 heteroatoms. The Morgan fingerprint density at radius 3 is 2.35 bits per heavy atom. The number of amides is 1. The summed E-state index contributed by atoms with van der Waals surface area (Å²) in [6.45, 7) is 1.66. The van der Waals surface area contributed by atoms with Crippen molar-refractivity contribution < 1.29 is 30.8 Å². The van der Waals surface area contributed by atoms with E-state index in [9.17, 15) is 30.8 Å². The molecule has 0 bridgehead atoms. The van der Waals surface area contributed by atoms with Crippen LogP contribution < -0.4 is 5.32 Å². The van der Waals surface area contributed by atoms with Gasteiger partial charge in [-0.3, -0.25) is 4.79 Å². The second-order valence-electron chi connectivity index (χ2n) is 8.88. The number of hydrogen-bond acceptors (Lipinski definition) is 5. The van der Waals surface area contributed by atoms with Gasteiger partial charge >= 0.3 is 6.18 Å². The molecular formula is C25H20F4N4O3S. The molecule has 1 aliphatic rings. The molecular weight excluding hydrogens is 512 g/mol. The van der Waals surface area contributed by atoms with Gasteiger partial charge in [-0.25, -0.2) is 22.5 Å². The summed E-state index contributed by atoms with van der Waals surface area (Å²) >= 11 is 0. The van der Waals surface area contributed by atoms with Crippen LogP contribution in [0.4, 0.5) is 23.2 Å². The lowest BCUT2D eigenvalue weighted by molar-refractivity contribution is -0.137. The van der Waals surface area contributed by atoms with Crippen molar-refractivity contribution >= 4 is 32.5 Å². The van der Waals surface area contributed by atoms with E-state index in [4.69, 9.17) is 0 Å². The van der Waals surface area contributed by atoms with E-state index in [1.165, 1.54) is 35.0 Å². The van der Waals surface area contributed by atoms with E-state index in [-0.39, 0.29) is 22.8 Å². The molecule has 1 fully saturated rings. The zero-order chi connectivity index (χ0) is 26.5. The number of nitrogens with one attached hydrogen (secondary N) is 1.